The van der Waals surface area contributed by atoms with Gasteiger partial charge in [0.15, 0.2) is 6.10 Å². The van der Waals surface area contributed by atoms with Crippen LogP contribution < -0.4 is 15.0 Å². The molecule has 9 heteroatoms. The molecule has 1 aliphatic rings. The van der Waals surface area contributed by atoms with E-state index in [-0.39, 0.29) is 11.2 Å². The van der Waals surface area contributed by atoms with E-state index in [1.54, 1.807) is 19.2 Å². The number of piperidine rings is 1. The Morgan fingerprint density at radius 2 is 1.71 bits per heavy atom. The fourth-order valence-electron chi connectivity index (χ4n) is 5.59. The Balaban J connectivity index is 1.79. The highest BCUT2D eigenvalue weighted by Crippen LogP contribution is 2.46. The van der Waals surface area contributed by atoms with Crippen molar-refractivity contribution < 1.29 is 28.5 Å². The van der Waals surface area contributed by atoms with E-state index in [1.807, 2.05) is 52.0 Å². The summed E-state index contributed by atoms with van der Waals surface area (Å²) in [5, 5.41) is 14.0. The van der Waals surface area contributed by atoms with Crippen molar-refractivity contribution in [3.8, 4) is 16.9 Å². The number of nitrogens with one attached hydrogen (secondary N) is 1. The van der Waals surface area contributed by atoms with Gasteiger partial charge < -0.3 is 29.5 Å². The Kier molecular flexibility index (Phi) is 11.1. The highest BCUT2D eigenvalue weighted by molar-refractivity contribution is 5.92. The molecule has 1 fully saturated rings. The Morgan fingerprint density at radius 3 is 2.29 bits per heavy atom. The molecular weight excluding hydrogens is 573 g/mol. The number of hydrogen-bond acceptors (Lipinski definition) is 7. The van der Waals surface area contributed by atoms with Gasteiger partial charge in [0.05, 0.1) is 24.5 Å². The lowest BCUT2D eigenvalue weighted by Gasteiger charge is -2.41. The molecule has 0 aliphatic carbocycles. The summed E-state index contributed by atoms with van der Waals surface area (Å²) >= 11 is 0. The highest BCUT2D eigenvalue weighted by Gasteiger charge is 2.37. The summed E-state index contributed by atoms with van der Waals surface area (Å²) in [6.07, 6.45) is 1.39. The molecule has 0 spiro atoms. The van der Waals surface area contributed by atoms with Gasteiger partial charge in [-0.25, -0.2) is 14.2 Å². The topological polar surface area (TPSA) is 93.1 Å². The van der Waals surface area contributed by atoms with E-state index in [4.69, 9.17) is 19.2 Å². The fraction of sp³-hybridized carbons (Fsp3) is 0.500. The van der Waals surface area contributed by atoms with Gasteiger partial charge in [0.25, 0.3) is 0 Å². The number of aromatic nitrogens is 1. The van der Waals surface area contributed by atoms with Crippen LogP contribution in [0, 0.1) is 18.2 Å². The third-order valence-corrected chi connectivity index (χ3v) is 8.10. The number of aryl methyl sites for hydroxylation is 1. The number of nitrogens with zero attached hydrogens (tertiary/aromatic N) is 2. The summed E-state index contributed by atoms with van der Waals surface area (Å²) in [6, 6.07) is 14.2. The smallest absolute Gasteiger partial charge is 0.337 e. The average Bonchev–Trinajstić information content (AvgIpc) is 2.97. The first-order chi connectivity index (χ1) is 21.3. The number of carbonyl (C=O) groups is 1. The van der Waals surface area contributed by atoms with Crippen molar-refractivity contribution in [2.75, 3.05) is 50.2 Å². The van der Waals surface area contributed by atoms with Crippen LogP contribution in [0.3, 0.4) is 0 Å². The predicted molar refractivity (Wildman–Crippen MR) is 177 cm³/mol. The van der Waals surface area contributed by atoms with Crippen LogP contribution in [-0.2, 0) is 20.7 Å². The van der Waals surface area contributed by atoms with Crippen LogP contribution >= 0.6 is 0 Å². The Labute approximate surface area is 266 Å². The Bertz CT molecular complexity index is 1430. The van der Waals surface area contributed by atoms with Crippen LogP contribution in [0.1, 0.15) is 70.4 Å². The van der Waals surface area contributed by atoms with Crippen LogP contribution in [0.2, 0.25) is 0 Å². The maximum absolute atomic E-state index is 13.3. The maximum atomic E-state index is 13.3. The maximum Gasteiger partial charge on any atom is 0.337 e. The molecule has 0 saturated carbocycles. The van der Waals surface area contributed by atoms with Gasteiger partial charge in [-0.15, -0.1) is 0 Å². The molecule has 1 atom stereocenters. The summed E-state index contributed by atoms with van der Waals surface area (Å²) in [6.45, 7) is 15.0. The number of halogens is 1. The summed E-state index contributed by atoms with van der Waals surface area (Å²) in [7, 11) is 1.65. The lowest BCUT2D eigenvalue weighted by Crippen LogP contribution is -2.39. The molecule has 0 amide bonds. The zero-order valence-electron chi connectivity index (χ0n) is 27.7. The minimum Gasteiger partial charge on any atom is -0.493 e. The minimum absolute atomic E-state index is 0.194. The van der Waals surface area contributed by atoms with Crippen molar-refractivity contribution in [2.45, 2.75) is 72.5 Å². The first-order valence-electron chi connectivity index (χ1n) is 15.7. The van der Waals surface area contributed by atoms with E-state index in [0.29, 0.717) is 49.0 Å². The number of carboxylic acids is 1. The molecule has 2 aromatic carbocycles. The summed E-state index contributed by atoms with van der Waals surface area (Å²) in [5.74, 6) is 0.0607. The number of anilines is 2. The van der Waals surface area contributed by atoms with Gasteiger partial charge in [-0.1, -0.05) is 38.1 Å². The third kappa shape index (κ3) is 9.17. The van der Waals surface area contributed by atoms with Crippen LogP contribution in [0.15, 0.2) is 48.5 Å². The van der Waals surface area contributed by atoms with Gasteiger partial charge in [-0.2, -0.15) is 0 Å². The average molecular weight is 622 g/mol. The summed E-state index contributed by atoms with van der Waals surface area (Å²) in [5.41, 5.74) is 4.22. The first-order valence-corrected chi connectivity index (χ1v) is 15.7. The first kappa shape index (κ1) is 34.2. The van der Waals surface area contributed by atoms with E-state index >= 15 is 0 Å². The number of methoxy groups -OCH3 is 1. The van der Waals surface area contributed by atoms with Gasteiger partial charge in [0.2, 0.25) is 0 Å². The number of hydrogen-bond donors (Lipinski definition) is 2. The lowest BCUT2D eigenvalue weighted by atomic mass is 9.82. The monoisotopic (exact) mass is 621 g/mol. The van der Waals surface area contributed by atoms with Crippen LogP contribution in [0.25, 0.3) is 11.1 Å². The second-order valence-corrected chi connectivity index (χ2v) is 13.5. The second kappa shape index (κ2) is 14.6. The summed E-state index contributed by atoms with van der Waals surface area (Å²) in [4.78, 5) is 20.1. The number of rotatable bonds is 13. The van der Waals surface area contributed by atoms with Gasteiger partial charge in [-0.05, 0) is 81.3 Å². The predicted octanol–water partition coefficient (Wildman–Crippen LogP) is 7.44. The van der Waals surface area contributed by atoms with Crippen molar-refractivity contribution in [1.82, 2.24) is 4.98 Å². The molecule has 1 saturated heterocycles. The molecule has 1 aliphatic heterocycles. The van der Waals surface area contributed by atoms with Crippen molar-refractivity contribution in [1.29, 1.82) is 0 Å². The molecule has 0 unspecified atom stereocenters. The van der Waals surface area contributed by atoms with Gasteiger partial charge in [-0.3, -0.25) is 0 Å². The van der Waals surface area contributed by atoms with E-state index < -0.39 is 17.7 Å². The van der Waals surface area contributed by atoms with Crippen LogP contribution in [0.4, 0.5) is 15.9 Å². The molecule has 2 heterocycles. The van der Waals surface area contributed by atoms with E-state index in [0.717, 1.165) is 48.3 Å². The Morgan fingerprint density at radius 1 is 1.07 bits per heavy atom. The normalized spacial score (nSPS) is 15.5. The molecule has 0 radical (unpaired) electrons. The fourth-order valence-corrected chi connectivity index (χ4v) is 5.59. The minimum atomic E-state index is -1.21. The van der Waals surface area contributed by atoms with Crippen molar-refractivity contribution >= 4 is 17.5 Å². The third-order valence-electron chi connectivity index (χ3n) is 8.10. The number of ether oxygens (including phenoxy) is 3. The lowest BCUT2D eigenvalue weighted by molar-refractivity contribution is -0.160. The molecular formula is C36H48FN3O5. The summed E-state index contributed by atoms with van der Waals surface area (Å²) < 4.78 is 30.8. The molecule has 0 bridgehead atoms. The zero-order chi connectivity index (χ0) is 32.8. The van der Waals surface area contributed by atoms with Crippen LogP contribution in [-0.4, -0.2) is 61.6 Å². The molecule has 3 aromatic rings. The molecule has 244 valence electrons. The van der Waals surface area contributed by atoms with E-state index in [1.165, 1.54) is 12.1 Å². The van der Waals surface area contributed by atoms with Crippen molar-refractivity contribution in [2.24, 2.45) is 5.41 Å². The van der Waals surface area contributed by atoms with Gasteiger partial charge in [0, 0.05) is 50.0 Å². The van der Waals surface area contributed by atoms with Crippen LogP contribution in [0.5, 0.6) is 5.75 Å². The number of benzene rings is 2. The SMILES string of the molecule is COCCNc1nc(C)c([C@H](OC(C)(C)C)C(=O)O)c(N2CCC(C)(C)CC2)c1-c1ccc(OCCc2ccc(F)cc2)cc1. The molecule has 45 heavy (non-hydrogen) atoms. The standard InChI is InChI=1S/C36H48FN3O5/c1-24-29(32(34(41)42)45-35(2,3)4)31(40-20-17-36(5,6)18-21-40)30(33(39-24)38-19-23-43-7)26-10-14-28(15-11-26)44-22-16-25-8-12-27(37)13-9-25/h8-15,32H,16-23H2,1-7H3,(H,38,39)(H,41,42)/t32-/m0/s1. The number of carboxylic acid groups (broad SMARTS) is 1. The Hall–Kier alpha value is -3.69. The largest absolute Gasteiger partial charge is 0.493 e. The van der Waals surface area contributed by atoms with E-state index in [2.05, 4.69) is 24.1 Å². The van der Waals surface area contributed by atoms with Crippen molar-refractivity contribution in [3.05, 3.63) is 71.2 Å². The van der Waals surface area contributed by atoms with Gasteiger partial charge >= 0.3 is 5.97 Å². The van der Waals surface area contributed by atoms with E-state index in [9.17, 15) is 14.3 Å². The zero-order valence-corrected chi connectivity index (χ0v) is 27.7. The molecule has 8 nitrogen and oxygen atoms in total. The highest BCUT2D eigenvalue weighted by atomic mass is 19.1. The van der Waals surface area contributed by atoms with Crippen molar-refractivity contribution in [3.63, 3.8) is 0 Å². The number of aliphatic carboxylic acids is 1. The quantitative estimate of drug-likeness (QED) is 0.190. The number of pyridine rings is 1. The molecule has 2 N–H and O–H groups in total. The molecule has 4 rings (SSSR count). The molecule has 1 aromatic heterocycles. The van der Waals surface area contributed by atoms with Gasteiger partial charge in [0.1, 0.15) is 17.4 Å². The second-order valence-electron chi connectivity index (χ2n) is 13.5.